The Balaban J connectivity index is 2.14. The van der Waals surface area contributed by atoms with Crippen molar-refractivity contribution in [3.05, 3.63) is 23.3 Å². The Bertz CT molecular complexity index is 454. The first-order chi connectivity index (χ1) is 9.08. The van der Waals surface area contributed by atoms with Gasteiger partial charge in [0.1, 0.15) is 12.2 Å². The lowest BCUT2D eigenvalue weighted by atomic mass is 9.93. The normalized spacial score (nSPS) is 17.4. The Hall–Kier alpha value is -1.49. The number of aryl methyl sites for hydroxylation is 1. The SMILES string of the molecule is COC(=O)Cc1nc(C)cc(C2CCN(C)CC2)n1. The molecule has 1 aromatic heterocycles. The molecular weight excluding hydrogens is 242 g/mol. The van der Waals surface area contributed by atoms with E-state index in [2.05, 4.69) is 26.7 Å². The van der Waals surface area contributed by atoms with E-state index in [1.807, 2.05) is 13.0 Å². The van der Waals surface area contributed by atoms with E-state index < -0.39 is 0 Å². The maximum atomic E-state index is 11.3. The van der Waals surface area contributed by atoms with Crippen LogP contribution in [0.5, 0.6) is 0 Å². The molecule has 1 saturated heterocycles. The molecule has 0 atom stereocenters. The van der Waals surface area contributed by atoms with Crippen LogP contribution in [-0.4, -0.2) is 48.1 Å². The summed E-state index contributed by atoms with van der Waals surface area (Å²) in [6.07, 6.45) is 2.38. The maximum absolute atomic E-state index is 11.3. The van der Waals surface area contributed by atoms with Gasteiger partial charge < -0.3 is 9.64 Å². The first-order valence-electron chi connectivity index (χ1n) is 6.68. The van der Waals surface area contributed by atoms with Crippen LogP contribution >= 0.6 is 0 Å². The molecule has 0 bridgehead atoms. The van der Waals surface area contributed by atoms with Gasteiger partial charge in [0, 0.05) is 17.3 Å². The van der Waals surface area contributed by atoms with Gasteiger partial charge in [0.2, 0.25) is 0 Å². The van der Waals surface area contributed by atoms with Crippen LogP contribution in [0.25, 0.3) is 0 Å². The largest absolute Gasteiger partial charge is 0.469 e. The van der Waals surface area contributed by atoms with Crippen LogP contribution in [0.15, 0.2) is 6.07 Å². The molecule has 19 heavy (non-hydrogen) atoms. The Morgan fingerprint density at radius 1 is 1.42 bits per heavy atom. The monoisotopic (exact) mass is 263 g/mol. The fraction of sp³-hybridized carbons (Fsp3) is 0.643. The van der Waals surface area contributed by atoms with Crippen molar-refractivity contribution in [2.24, 2.45) is 0 Å². The first-order valence-corrected chi connectivity index (χ1v) is 6.68. The minimum atomic E-state index is -0.292. The van der Waals surface area contributed by atoms with Gasteiger partial charge in [-0.1, -0.05) is 0 Å². The molecule has 2 heterocycles. The van der Waals surface area contributed by atoms with Gasteiger partial charge in [-0.25, -0.2) is 9.97 Å². The van der Waals surface area contributed by atoms with E-state index in [4.69, 9.17) is 0 Å². The molecule has 0 aliphatic carbocycles. The van der Waals surface area contributed by atoms with Crippen molar-refractivity contribution in [3.8, 4) is 0 Å². The number of esters is 1. The van der Waals surface area contributed by atoms with E-state index in [9.17, 15) is 4.79 Å². The van der Waals surface area contributed by atoms with Gasteiger partial charge in [0.05, 0.1) is 7.11 Å². The topological polar surface area (TPSA) is 55.3 Å². The number of hydrogen-bond acceptors (Lipinski definition) is 5. The van der Waals surface area contributed by atoms with Crippen molar-refractivity contribution in [1.29, 1.82) is 0 Å². The smallest absolute Gasteiger partial charge is 0.313 e. The van der Waals surface area contributed by atoms with E-state index in [1.165, 1.54) is 7.11 Å². The van der Waals surface area contributed by atoms with Crippen LogP contribution in [0.2, 0.25) is 0 Å². The van der Waals surface area contributed by atoms with Crippen molar-refractivity contribution in [2.75, 3.05) is 27.2 Å². The highest BCUT2D eigenvalue weighted by atomic mass is 16.5. The average molecular weight is 263 g/mol. The second kappa shape index (κ2) is 6.10. The van der Waals surface area contributed by atoms with Crippen LogP contribution < -0.4 is 0 Å². The third-order valence-electron chi connectivity index (χ3n) is 3.59. The molecule has 0 radical (unpaired) electrons. The van der Waals surface area contributed by atoms with Crippen LogP contribution in [-0.2, 0) is 16.0 Å². The Morgan fingerprint density at radius 3 is 2.74 bits per heavy atom. The third kappa shape index (κ3) is 3.73. The number of rotatable bonds is 3. The van der Waals surface area contributed by atoms with Crippen LogP contribution in [0.3, 0.4) is 0 Å². The van der Waals surface area contributed by atoms with Crippen LogP contribution in [0, 0.1) is 6.92 Å². The predicted molar refractivity (Wildman–Crippen MR) is 72.0 cm³/mol. The van der Waals surface area contributed by atoms with E-state index in [0.717, 1.165) is 37.3 Å². The summed E-state index contributed by atoms with van der Waals surface area (Å²) < 4.78 is 4.67. The lowest BCUT2D eigenvalue weighted by Gasteiger charge is -2.28. The Kier molecular flexibility index (Phi) is 4.47. The predicted octanol–water partition coefficient (Wildman–Crippen LogP) is 1.31. The number of carbonyl (C=O) groups excluding carboxylic acids is 1. The van der Waals surface area contributed by atoms with Gasteiger partial charge in [0.25, 0.3) is 0 Å². The first kappa shape index (κ1) is 13.9. The second-order valence-corrected chi connectivity index (χ2v) is 5.18. The zero-order valence-corrected chi connectivity index (χ0v) is 11.8. The molecule has 0 spiro atoms. The molecule has 0 unspecified atom stereocenters. The third-order valence-corrected chi connectivity index (χ3v) is 3.59. The van der Waals surface area contributed by atoms with Gasteiger partial charge in [-0.15, -0.1) is 0 Å². The van der Waals surface area contributed by atoms with E-state index in [1.54, 1.807) is 0 Å². The number of hydrogen-bond donors (Lipinski definition) is 0. The molecule has 104 valence electrons. The molecule has 0 amide bonds. The Labute approximate surface area is 114 Å². The lowest BCUT2D eigenvalue weighted by Crippen LogP contribution is -2.29. The minimum Gasteiger partial charge on any atom is -0.469 e. The van der Waals surface area contributed by atoms with E-state index >= 15 is 0 Å². The zero-order valence-electron chi connectivity index (χ0n) is 11.8. The fourth-order valence-corrected chi connectivity index (χ4v) is 2.45. The quantitative estimate of drug-likeness (QED) is 0.770. The summed E-state index contributed by atoms with van der Waals surface area (Å²) in [7, 11) is 3.53. The number of carbonyl (C=O) groups is 1. The van der Waals surface area contributed by atoms with Gasteiger partial charge in [-0.05, 0) is 46.0 Å². The van der Waals surface area contributed by atoms with Crippen LogP contribution in [0.1, 0.15) is 36.0 Å². The van der Waals surface area contributed by atoms with E-state index in [0.29, 0.717) is 11.7 Å². The molecule has 0 aromatic carbocycles. The van der Waals surface area contributed by atoms with Gasteiger partial charge in [0.15, 0.2) is 0 Å². The highest BCUT2D eigenvalue weighted by Gasteiger charge is 2.20. The van der Waals surface area contributed by atoms with Crippen molar-refractivity contribution in [3.63, 3.8) is 0 Å². The molecule has 0 N–H and O–H groups in total. The molecule has 1 aromatic rings. The van der Waals surface area contributed by atoms with Crippen molar-refractivity contribution >= 4 is 5.97 Å². The number of ether oxygens (including phenoxy) is 1. The summed E-state index contributed by atoms with van der Waals surface area (Å²) in [5, 5.41) is 0. The molecule has 5 nitrogen and oxygen atoms in total. The number of likely N-dealkylation sites (tertiary alicyclic amines) is 1. The molecule has 1 aliphatic rings. The molecule has 0 saturated carbocycles. The summed E-state index contributed by atoms with van der Waals surface area (Å²) in [6, 6.07) is 2.04. The fourth-order valence-electron chi connectivity index (χ4n) is 2.45. The van der Waals surface area contributed by atoms with Gasteiger partial charge in [-0.3, -0.25) is 4.79 Å². The molecule has 1 fully saturated rings. The molecule has 5 heteroatoms. The molecule has 2 rings (SSSR count). The molecular formula is C14H21N3O2. The highest BCUT2D eigenvalue weighted by molar-refractivity contribution is 5.71. The van der Waals surface area contributed by atoms with Crippen molar-refractivity contribution < 1.29 is 9.53 Å². The summed E-state index contributed by atoms with van der Waals surface area (Å²) in [6.45, 7) is 4.14. The standard InChI is InChI=1S/C14H21N3O2/c1-10-8-12(11-4-6-17(2)7-5-11)16-13(15-10)9-14(18)19-3/h8,11H,4-7,9H2,1-3H3. The highest BCUT2D eigenvalue weighted by Crippen LogP contribution is 2.26. The number of piperidine rings is 1. The summed E-state index contributed by atoms with van der Waals surface area (Å²) in [4.78, 5) is 22.5. The maximum Gasteiger partial charge on any atom is 0.313 e. The lowest BCUT2D eigenvalue weighted by molar-refractivity contribution is -0.139. The van der Waals surface area contributed by atoms with Gasteiger partial charge >= 0.3 is 5.97 Å². The molecule has 1 aliphatic heterocycles. The summed E-state index contributed by atoms with van der Waals surface area (Å²) in [5.41, 5.74) is 1.99. The van der Waals surface area contributed by atoms with Crippen molar-refractivity contribution in [2.45, 2.75) is 32.1 Å². The van der Waals surface area contributed by atoms with Gasteiger partial charge in [-0.2, -0.15) is 0 Å². The zero-order chi connectivity index (χ0) is 13.8. The average Bonchev–Trinajstić information content (AvgIpc) is 2.38. The van der Waals surface area contributed by atoms with Crippen molar-refractivity contribution in [1.82, 2.24) is 14.9 Å². The minimum absolute atomic E-state index is 0.151. The number of aromatic nitrogens is 2. The van der Waals surface area contributed by atoms with Crippen LogP contribution in [0.4, 0.5) is 0 Å². The number of nitrogens with zero attached hydrogens (tertiary/aromatic N) is 3. The summed E-state index contributed by atoms with van der Waals surface area (Å²) >= 11 is 0. The second-order valence-electron chi connectivity index (χ2n) is 5.18. The van der Waals surface area contributed by atoms with E-state index in [-0.39, 0.29) is 12.4 Å². The number of methoxy groups -OCH3 is 1. The Morgan fingerprint density at radius 2 is 2.11 bits per heavy atom. The summed E-state index contributed by atoms with van der Waals surface area (Å²) in [5.74, 6) is 0.759.